The number of nitrogens with zero attached hydrogens (tertiary/aromatic N) is 1. The van der Waals surface area contributed by atoms with Gasteiger partial charge in [0.15, 0.2) is 0 Å². The molecule has 0 spiro atoms. The van der Waals surface area contributed by atoms with Gasteiger partial charge in [0, 0.05) is 25.2 Å². The number of rotatable bonds is 10. The minimum absolute atomic E-state index is 0.681. The summed E-state index contributed by atoms with van der Waals surface area (Å²) in [6, 6.07) is 1.58. The van der Waals surface area contributed by atoms with Crippen molar-refractivity contribution in [3.8, 4) is 0 Å². The summed E-state index contributed by atoms with van der Waals surface area (Å²) < 4.78 is 0. The van der Waals surface area contributed by atoms with Crippen molar-refractivity contribution in [3.63, 3.8) is 0 Å². The lowest BCUT2D eigenvalue weighted by molar-refractivity contribution is 0.170. The van der Waals surface area contributed by atoms with Gasteiger partial charge in [-0.05, 0) is 38.0 Å². The van der Waals surface area contributed by atoms with Gasteiger partial charge < -0.3 is 5.73 Å². The molecule has 2 aliphatic rings. The zero-order valence-electron chi connectivity index (χ0n) is 11.5. The summed E-state index contributed by atoms with van der Waals surface area (Å²) in [5.74, 6) is 1.01. The van der Waals surface area contributed by atoms with Crippen LogP contribution in [0.15, 0.2) is 0 Å². The van der Waals surface area contributed by atoms with Gasteiger partial charge in [0.25, 0.3) is 0 Å². The highest BCUT2D eigenvalue weighted by Crippen LogP contribution is 2.36. The molecule has 2 N–H and O–H groups in total. The molecule has 2 fully saturated rings. The van der Waals surface area contributed by atoms with Crippen LogP contribution < -0.4 is 5.73 Å². The average Bonchev–Trinajstić information content (AvgIpc) is 3.18. The second-order valence-electron chi connectivity index (χ2n) is 6.11. The van der Waals surface area contributed by atoms with Crippen molar-refractivity contribution in [3.05, 3.63) is 0 Å². The van der Waals surface area contributed by atoms with E-state index in [4.69, 9.17) is 5.73 Å². The Morgan fingerprint density at radius 2 is 1.88 bits per heavy atom. The lowest BCUT2D eigenvalue weighted by atomic mass is 10.1. The van der Waals surface area contributed by atoms with Gasteiger partial charge in [-0.25, -0.2) is 0 Å². The van der Waals surface area contributed by atoms with E-state index in [1.807, 2.05) is 0 Å². The van der Waals surface area contributed by atoms with Crippen molar-refractivity contribution < 1.29 is 0 Å². The van der Waals surface area contributed by atoms with Crippen molar-refractivity contribution in [2.24, 2.45) is 11.7 Å². The zero-order valence-corrected chi connectivity index (χ0v) is 11.5. The Labute approximate surface area is 107 Å². The monoisotopic (exact) mass is 238 g/mol. The Morgan fingerprint density at radius 1 is 1.12 bits per heavy atom. The fourth-order valence-corrected chi connectivity index (χ4v) is 2.83. The molecule has 0 heterocycles. The summed E-state index contributed by atoms with van der Waals surface area (Å²) in [6.45, 7) is 4.50. The first kappa shape index (κ1) is 13.4. The standard InChI is InChI=1S/C15H30N2/c1-2-3-4-5-6-15(11-16)17(14-9-10-14)12-13-7-8-13/h13-15H,2-12,16H2,1H3. The molecule has 0 aromatic heterocycles. The van der Waals surface area contributed by atoms with Gasteiger partial charge in [0.1, 0.15) is 0 Å². The third-order valence-corrected chi connectivity index (χ3v) is 4.31. The summed E-state index contributed by atoms with van der Waals surface area (Å²) in [5.41, 5.74) is 6.01. The first-order chi connectivity index (χ1) is 8.35. The minimum Gasteiger partial charge on any atom is -0.329 e. The van der Waals surface area contributed by atoms with Crippen molar-refractivity contribution in [2.75, 3.05) is 13.1 Å². The predicted octanol–water partition coefficient (Wildman–Crippen LogP) is 3.16. The molecule has 0 bridgehead atoms. The topological polar surface area (TPSA) is 29.3 Å². The van der Waals surface area contributed by atoms with Crippen LogP contribution in [-0.4, -0.2) is 30.1 Å². The van der Waals surface area contributed by atoms with Crippen LogP contribution in [0.25, 0.3) is 0 Å². The molecule has 0 aromatic carbocycles. The van der Waals surface area contributed by atoms with Crippen LogP contribution in [0, 0.1) is 5.92 Å². The van der Waals surface area contributed by atoms with Gasteiger partial charge in [0.05, 0.1) is 0 Å². The summed E-state index contributed by atoms with van der Waals surface area (Å²) in [6.07, 6.45) is 12.6. The molecular weight excluding hydrogens is 208 g/mol. The van der Waals surface area contributed by atoms with Gasteiger partial charge >= 0.3 is 0 Å². The number of hydrogen-bond donors (Lipinski definition) is 1. The van der Waals surface area contributed by atoms with Crippen molar-refractivity contribution >= 4 is 0 Å². The van der Waals surface area contributed by atoms with E-state index >= 15 is 0 Å². The molecule has 0 aliphatic heterocycles. The highest BCUT2D eigenvalue weighted by atomic mass is 15.2. The maximum Gasteiger partial charge on any atom is 0.0221 e. The van der Waals surface area contributed by atoms with Crippen LogP contribution in [0.5, 0.6) is 0 Å². The van der Waals surface area contributed by atoms with Gasteiger partial charge in [-0.15, -0.1) is 0 Å². The molecule has 2 saturated carbocycles. The largest absolute Gasteiger partial charge is 0.329 e. The van der Waals surface area contributed by atoms with Crippen LogP contribution in [-0.2, 0) is 0 Å². The molecule has 0 aromatic rings. The Balaban J connectivity index is 1.72. The molecule has 2 rings (SSSR count). The Bertz CT molecular complexity index is 209. The summed E-state index contributed by atoms with van der Waals surface area (Å²) in [5, 5.41) is 0. The van der Waals surface area contributed by atoms with Crippen LogP contribution in [0.4, 0.5) is 0 Å². The zero-order chi connectivity index (χ0) is 12.1. The summed E-state index contributed by atoms with van der Waals surface area (Å²) >= 11 is 0. The smallest absolute Gasteiger partial charge is 0.0221 e. The number of nitrogens with two attached hydrogens (primary N) is 1. The molecule has 17 heavy (non-hydrogen) atoms. The van der Waals surface area contributed by atoms with E-state index in [1.165, 1.54) is 64.3 Å². The predicted molar refractivity (Wildman–Crippen MR) is 74.1 cm³/mol. The van der Waals surface area contributed by atoms with E-state index in [0.29, 0.717) is 6.04 Å². The summed E-state index contributed by atoms with van der Waals surface area (Å²) in [7, 11) is 0. The first-order valence-corrected chi connectivity index (χ1v) is 7.81. The molecular formula is C15H30N2. The second kappa shape index (κ2) is 6.75. The molecule has 2 aliphatic carbocycles. The quantitative estimate of drug-likeness (QED) is 0.592. The molecule has 100 valence electrons. The van der Waals surface area contributed by atoms with Crippen molar-refractivity contribution in [1.82, 2.24) is 4.90 Å². The molecule has 1 atom stereocenters. The van der Waals surface area contributed by atoms with Crippen LogP contribution in [0.1, 0.15) is 64.7 Å². The molecule has 1 unspecified atom stereocenters. The highest BCUT2D eigenvalue weighted by molar-refractivity contribution is 4.92. The fourth-order valence-electron chi connectivity index (χ4n) is 2.83. The molecule has 0 amide bonds. The van der Waals surface area contributed by atoms with E-state index in [-0.39, 0.29) is 0 Å². The average molecular weight is 238 g/mol. The third-order valence-electron chi connectivity index (χ3n) is 4.31. The summed E-state index contributed by atoms with van der Waals surface area (Å²) in [4.78, 5) is 2.77. The Hall–Kier alpha value is -0.0800. The van der Waals surface area contributed by atoms with E-state index in [2.05, 4.69) is 11.8 Å². The van der Waals surface area contributed by atoms with E-state index < -0.39 is 0 Å². The van der Waals surface area contributed by atoms with Gasteiger partial charge in [0.2, 0.25) is 0 Å². The normalized spacial score (nSPS) is 22.1. The SMILES string of the molecule is CCCCCCC(CN)N(CC1CC1)C1CC1. The van der Waals surface area contributed by atoms with Gasteiger partial charge in [-0.2, -0.15) is 0 Å². The lowest BCUT2D eigenvalue weighted by Crippen LogP contribution is -2.43. The maximum absolute atomic E-state index is 6.01. The van der Waals surface area contributed by atoms with Crippen LogP contribution >= 0.6 is 0 Å². The molecule has 2 heteroatoms. The second-order valence-corrected chi connectivity index (χ2v) is 6.11. The van der Waals surface area contributed by atoms with Crippen LogP contribution in [0.2, 0.25) is 0 Å². The number of hydrogen-bond acceptors (Lipinski definition) is 2. The van der Waals surface area contributed by atoms with Gasteiger partial charge in [-0.1, -0.05) is 32.6 Å². The first-order valence-electron chi connectivity index (χ1n) is 7.81. The molecule has 0 saturated heterocycles. The van der Waals surface area contributed by atoms with Gasteiger partial charge in [-0.3, -0.25) is 4.90 Å². The van der Waals surface area contributed by atoms with E-state index in [9.17, 15) is 0 Å². The van der Waals surface area contributed by atoms with E-state index in [1.54, 1.807) is 0 Å². The minimum atomic E-state index is 0.681. The van der Waals surface area contributed by atoms with Crippen LogP contribution in [0.3, 0.4) is 0 Å². The van der Waals surface area contributed by atoms with Crippen molar-refractivity contribution in [1.29, 1.82) is 0 Å². The maximum atomic E-state index is 6.01. The third kappa shape index (κ3) is 4.59. The number of unbranched alkanes of at least 4 members (excludes halogenated alkanes) is 3. The fraction of sp³-hybridized carbons (Fsp3) is 1.00. The van der Waals surface area contributed by atoms with Crippen molar-refractivity contribution in [2.45, 2.75) is 76.8 Å². The molecule has 0 radical (unpaired) electrons. The molecule has 2 nitrogen and oxygen atoms in total. The lowest BCUT2D eigenvalue weighted by Gasteiger charge is -2.31. The highest BCUT2D eigenvalue weighted by Gasteiger charge is 2.36. The Morgan fingerprint density at radius 3 is 2.41 bits per heavy atom. The van der Waals surface area contributed by atoms with E-state index in [0.717, 1.165) is 18.5 Å². The Kier molecular flexibility index (Phi) is 5.30.